The number of hydrogen-bond acceptors (Lipinski definition) is 5. The Hall–Kier alpha value is -3.40. The van der Waals surface area contributed by atoms with Crippen LogP contribution in [0.2, 0.25) is 0 Å². The van der Waals surface area contributed by atoms with E-state index in [0.717, 1.165) is 11.1 Å². The summed E-state index contributed by atoms with van der Waals surface area (Å²) in [6, 6.07) is 22.6. The third-order valence-electron chi connectivity index (χ3n) is 6.05. The first-order valence-electron chi connectivity index (χ1n) is 12.5. The van der Waals surface area contributed by atoms with Crippen LogP contribution in [0.25, 0.3) is 0 Å². The van der Waals surface area contributed by atoms with E-state index in [2.05, 4.69) is 5.32 Å². The topological polar surface area (TPSA) is 116 Å². The zero-order valence-electron chi connectivity index (χ0n) is 21.9. The van der Waals surface area contributed by atoms with Crippen molar-refractivity contribution in [3.05, 3.63) is 95.6 Å². The average Bonchev–Trinajstić information content (AvgIpc) is 2.87. The second-order valence-electron chi connectivity index (χ2n) is 9.73. The van der Waals surface area contributed by atoms with Crippen molar-refractivity contribution in [2.75, 3.05) is 13.1 Å². The number of rotatable bonds is 13. The number of aryl methyl sites for hydroxylation is 1. The molecule has 0 saturated heterocycles. The number of nitrogens with zero attached hydrogens (tertiary/aromatic N) is 1. The Morgan fingerprint density at radius 3 is 2.11 bits per heavy atom. The van der Waals surface area contributed by atoms with Gasteiger partial charge < -0.3 is 20.3 Å². The van der Waals surface area contributed by atoms with Gasteiger partial charge in [-0.1, -0.05) is 74.5 Å². The van der Waals surface area contributed by atoms with Gasteiger partial charge in [0.1, 0.15) is 12.4 Å². The van der Waals surface area contributed by atoms with E-state index in [-0.39, 0.29) is 30.3 Å². The van der Waals surface area contributed by atoms with Gasteiger partial charge in [0.05, 0.1) is 17.0 Å². The fraction of sp³-hybridized carbons (Fsp3) is 0.345. The molecule has 0 radical (unpaired) electrons. The SMILES string of the molecule is Cc1cc(S(=O)(=O)N(CC(C)C)C[C@@H](O)[C@H](Cc2ccccc2)NC(=O)O)ccc1OCc1ccccc1. The highest BCUT2D eigenvalue weighted by Crippen LogP contribution is 2.26. The van der Waals surface area contributed by atoms with E-state index in [9.17, 15) is 23.4 Å². The number of amides is 1. The van der Waals surface area contributed by atoms with Gasteiger partial charge >= 0.3 is 6.09 Å². The molecule has 0 fully saturated rings. The molecule has 0 unspecified atom stereocenters. The molecule has 0 aliphatic rings. The number of sulfonamides is 1. The molecule has 0 saturated carbocycles. The highest BCUT2D eigenvalue weighted by molar-refractivity contribution is 7.89. The summed E-state index contributed by atoms with van der Waals surface area (Å²) < 4.78 is 34.5. The maximum Gasteiger partial charge on any atom is 0.404 e. The molecule has 0 heterocycles. The monoisotopic (exact) mass is 540 g/mol. The lowest BCUT2D eigenvalue weighted by molar-refractivity contribution is 0.0980. The summed E-state index contributed by atoms with van der Waals surface area (Å²) >= 11 is 0. The third-order valence-corrected chi connectivity index (χ3v) is 7.88. The van der Waals surface area contributed by atoms with E-state index in [0.29, 0.717) is 17.9 Å². The van der Waals surface area contributed by atoms with Crippen molar-refractivity contribution in [1.82, 2.24) is 9.62 Å². The summed E-state index contributed by atoms with van der Waals surface area (Å²) in [6.07, 6.45) is -2.34. The Morgan fingerprint density at radius 1 is 0.947 bits per heavy atom. The number of nitrogens with one attached hydrogen (secondary N) is 1. The molecule has 38 heavy (non-hydrogen) atoms. The minimum absolute atomic E-state index is 0.0217. The smallest absolute Gasteiger partial charge is 0.404 e. The van der Waals surface area contributed by atoms with Crippen LogP contribution in [0.5, 0.6) is 5.75 Å². The molecule has 2 atom stereocenters. The van der Waals surface area contributed by atoms with Crippen LogP contribution in [0.4, 0.5) is 4.79 Å². The van der Waals surface area contributed by atoms with Gasteiger partial charge in [0.2, 0.25) is 10.0 Å². The van der Waals surface area contributed by atoms with Gasteiger partial charge in [-0.15, -0.1) is 0 Å². The summed E-state index contributed by atoms with van der Waals surface area (Å²) in [5.74, 6) is 0.559. The van der Waals surface area contributed by atoms with E-state index >= 15 is 0 Å². The van der Waals surface area contributed by atoms with Gasteiger partial charge in [-0.25, -0.2) is 13.2 Å². The largest absolute Gasteiger partial charge is 0.489 e. The molecular formula is C29H36N2O6S. The maximum atomic E-state index is 13.7. The molecule has 0 aromatic heterocycles. The average molecular weight is 541 g/mol. The van der Waals surface area contributed by atoms with Crippen molar-refractivity contribution < 1.29 is 28.2 Å². The minimum Gasteiger partial charge on any atom is -0.489 e. The van der Waals surface area contributed by atoms with E-state index < -0.39 is 28.3 Å². The van der Waals surface area contributed by atoms with Crippen molar-refractivity contribution >= 4 is 16.1 Å². The number of aliphatic hydroxyl groups excluding tert-OH is 1. The number of carboxylic acid groups (broad SMARTS) is 1. The van der Waals surface area contributed by atoms with Crippen LogP contribution >= 0.6 is 0 Å². The first-order valence-corrected chi connectivity index (χ1v) is 14.0. The van der Waals surface area contributed by atoms with Gasteiger partial charge in [-0.05, 0) is 54.2 Å². The van der Waals surface area contributed by atoms with Crippen molar-refractivity contribution in [2.45, 2.75) is 50.8 Å². The lowest BCUT2D eigenvalue weighted by Crippen LogP contribution is -2.50. The highest BCUT2D eigenvalue weighted by Gasteiger charge is 2.31. The van der Waals surface area contributed by atoms with Crippen molar-refractivity contribution in [1.29, 1.82) is 0 Å². The molecule has 9 heteroatoms. The normalized spacial score (nSPS) is 13.3. The van der Waals surface area contributed by atoms with Gasteiger partial charge in [0.25, 0.3) is 0 Å². The van der Waals surface area contributed by atoms with Gasteiger partial charge in [-0.2, -0.15) is 4.31 Å². The Bertz CT molecular complexity index is 1280. The van der Waals surface area contributed by atoms with Crippen LogP contribution in [0.3, 0.4) is 0 Å². The number of aliphatic hydroxyl groups is 1. The molecular weight excluding hydrogens is 504 g/mol. The predicted molar refractivity (Wildman–Crippen MR) is 147 cm³/mol. The van der Waals surface area contributed by atoms with E-state index in [1.165, 1.54) is 10.4 Å². The second-order valence-corrected chi connectivity index (χ2v) is 11.7. The summed E-state index contributed by atoms with van der Waals surface area (Å²) in [7, 11) is -3.99. The molecule has 3 aromatic carbocycles. The van der Waals surface area contributed by atoms with Crippen molar-refractivity contribution in [2.24, 2.45) is 5.92 Å². The van der Waals surface area contributed by atoms with E-state index in [1.54, 1.807) is 19.1 Å². The molecule has 3 rings (SSSR count). The van der Waals surface area contributed by atoms with Gasteiger partial charge in [-0.3, -0.25) is 0 Å². The molecule has 3 aromatic rings. The third kappa shape index (κ3) is 8.31. The van der Waals surface area contributed by atoms with Crippen molar-refractivity contribution in [3.8, 4) is 5.75 Å². The summed E-state index contributed by atoms with van der Waals surface area (Å²) in [5.41, 5.74) is 2.49. The Balaban J connectivity index is 1.80. The van der Waals surface area contributed by atoms with Crippen molar-refractivity contribution in [3.63, 3.8) is 0 Å². The van der Waals surface area contributed by atoms with E-state index in [1.807, 2.05) is 74.5 Å². The molecule has 1 amide bonds. The summed E-state index contributed by atoms with van der Waals surface area (Å²) in [4.78, 5) is 11.5. The molecule has 0 spiro atoms. The van der Waals surface area contributed by atoms with E-state index in [4.69, 9.17) is 4.74 Å². The van der Waals surface area contributed by atoms with Gasteiger partial charge in [0, 0.05) is 13.1 Å². The zero-order valence-corrected chi connectivity index (χ0v) is 22.8. The Kier molecular flexibility index (Phi) is 10.3. The number of ether oxygens (including phenoxy) is 1. The number of hydrogen-bond donors (Lipinski definition) is 3. The molecule has 3 N–H and O–H groups in total. The van der Waals surface area contributed by atoms with Crippen LogP contribution in [-0.4, -0.2) is 54.3 Å². The summed E-state index contributed by atoms with van der Waals surface area (Å²) in [5, 5.41) is 22.7. The maximum absolute atomic E-state index is 13.7. The molecule has 0 bridgehead atoms. The molecule has 0 aliphatic heterocycles. The van der Waals surface area contributed by atoms with Crippen LogP contribution in [-0.2, 0) is 23.1 Å². The van der Waals surface area contributed by atoms with Crippen LogP contribution < -0.4 is 10.1 Å². The Morgan fingerprint density at radius 2 is 1.55 bits per heavy atom. The number of carbonyl (C=O) groups is 1. The Labute approximate surface area is 224 Å². The second kappa shape index (κ2) is 13.4. The fourth-order valence-corrected chi connectivity index (χ4v) is 5.86. The lowest BCUT2D eigenvalue weighted by atomic mass is 10.0. The number of benzene rings is 3. The molecule has 0 aliphatic carbocycles. The standard InChI is InChI=1S/C29H36N2O6S/c1-21(2)18-31(19-27(32)26(30-29(33)34)17-23-10-6-4-7-11-23)38(35,36)25-14-15-28(22(3)16-25)37-20-24-12-8-5-9-13-24/h4-16,21,26-27,30,32H,17-20H2,1-3H3,(H,33,34)/t26-,27+/m0/s1. The van der Waals surface area contributed by atoms with Crippen LogP contribution in [0, 0.1) is 12.8 Å². The lowest BCUT2D eigenvalue weighted by Gasteiger charge is -2.30. The highest BCUT2D eigenvalue weighted by atomic mass is 32.2. The van der Waals surface area contributed by atoms with Crippen LogP contribution in [0.15, 0.2) is 83.8 Å². The summed E-state index contributed by atoms with van der Waals surface area (Å²) in [6.45, 7) is 5.82. The predicted octanol–water partition coefficient (Wildman–Crippen LogP) is 4.46. The first kappa shape index (κ1) is 29.2. The molecule has 204 valence electrons. The molecule has 8 nitrogen and oxygen atoms in total. The quantitative estimate of drug-likeness (QED) is 0.295. The minimum atomic E-state index is -3.99. The van der Waals surface area contributed by atoms with Crippen LogP contribution in [0.1, 0.15) is 30.5 Å². The van der Waals surface area contributed by atoms with Gasteiger partial charge in [0.15, 0.2) is 0 Å². The fourth-order valence-electron chi connectivity index (χ4n) is 4.15. The first-order chi connectivity index (χ1) is 18.1. The zero-order chi connectivity index (χ0) is 27.7.